The molecular formula is C8H9N3. The maximum atomic E-state index is 5.71. The molecule has 0 aliphatic carbocycles. The molecule has 0 saturated heterocycles. The second-order valence-corrected chi connectivity index (χ2v) is 2.56. The molecule has 0 aromatic carbocycles. The van der Waals surface area contributed by atoms with E-state index in [1.807, 2.05) is 13.0 Å². The van der Waals surface area contributed by atoms with Crippen molar-refractivity contribution >= 4 is 16.6 Å². The van der Waals surface area contributed by atoms with Crippen LogP contribution < -0.4 is 5.73 Å². The molecule has 0 atom stereocenters. The van der Waals surface area contributed by atoms with E-state index in [9.17, 15) is 0 Å². The molecule has 3 heteroatoms. The van der Waals surface area contributed by atoms with E-state index in [1.165, 1.54) is 0 Å². The first kappa shape index (κ1) is 6.22. The zero-order valence-electron chi connectivity index (χ0n) is 6.26. The summed E-state index contributed by atoms with van der Waals surface area (Å²) in [6.07, 6.45) is 3.56. The Bertz CT molecular complexity index is 389. The van der Waals surface area contributed by atoms with Gasteiger partial charge in [0.15, 0.2) is 0 Å². The van der Waals surface area contributed by atoms with Gasteiger partial charge in [0, 0.05) is 23.5 Å². The van der Waals surface area contributed by atoms with Gasteiger partial charge >= 0.3 is 0 Å². The fourth-order valence-corrected chi connectivity index (χ4v) is 1.28. The number of anilines is 1. The molecule has 2 heterocycles. The number of hydrogen-bond acceptors (Lipinski definition) is 2. The van der Waals surface area contributed by atoms with E-state index in [4.69, 9.17) is 5.73 Å². The first-order chi connectivity index (χ1) is 5.29. The van der Waals surface area contributed by atoms with Gasteiger partial charge in [-0.3, -0.25) is 4.98 Å². The number of H-pyrrole nitrogens is 1. The van der Waals surface area contributed by atoms with Crippen LogP contribution in [-0.4, -0.2) is 9.97 Å². The average Bonchev–Trinajstić information content (AvgIpc) is 2.34. The van der Waals surface area contributed by atoms with E-state index >= 15 is 0 Å². The van der Waals surface area contributed by atoms with Crippen LogP contribution in [0.4, 0.5) is 5.69 Å². The van der Waals surface area contributed by atoms with Crippen molar-refractivity contribution in [3.05, 3.63) is 24.2 Å². The topological polar surface area (TPSA) is 54.7 Å². The van der Waals surface area contributed by atoms with Crippen molar-refractivity contribution in [3.8, 4) is 0 Å². The molecule has 56 valence electrons. The Hall–Kier alpha value is -1.51. The highest BCUT2D eigenvalue weighted by molar-refractivity contribution is 5.92. The molecule has 0 aliphatic heterocycles. The Labute approximate surface area is 64.2 Å². The molecule has 2 aromatic rings. The maximum Gasteiger partial charge on any atom is 0.0590 e. The molecule has 3 nitrogen and oxygen atoms in total. The number of nitrogens with zero attached hydrogens (tertiary/aromatic N) is 1. The fourth-order valence-electron chi connectivity index (χ4n) is 1.28. The van der Waals surface area contributed by atoms with Gasteiger partial charge < -0.3 is 10.7 Å². The van der Waals surface area contributed by atoms with Crippen LogP contribution in [0.5, 0.6) is 0 Å². The molecule has 0 radical (unpaired) electrons. The number of pyridine rings is 1. The number of aromatic amines is 1. The van der Waals surface area contributed by atoms with Crippen molar-refractivity contribution < 1.29 is 0 Å². The first-order valence-corrected chi connectivity index (χ1v) is 3.47. The lowest BCUT2D eigenvalue weighted by Crippen LogP contribution is -1.85. The van der Waals surface area contributed by atoms with Gasteiger partial charge in [0.2, 0.25) is 0 Å². The van der Waals surface area contributed by atoms with Gasteiger partial charge in [-0.1, -0.05) is 0 Å². The molecule has 0 saturated carbocycles. The third-order valence-corrected chi connectivity index (χ3v) is 1.81. The Morgan fingerprint density at radius 3 is 3.09 bits per heavy atom. The Morgan fingerprint density at radius 2 is 2.36 bits per heavy atom. The minimum atomic E-state index is 0.769. The van der Waals surface area contributed by atoms with Crippen LogP contribution in [0.1, 0.15) is 5.69 Å². The summed E-state index contributed by atoms with van der Waals surface area (Å²) in [5.41, 5.74) is 8.50. The Morgan fingerprint density at radius 1 is 1.55 bits per heavy atom. The lowest BCUT2D eigenvalue weighted by Gasteiger charge is -1.94. The number of hydrogen-bond donors (Lipinski definition) is 2. The van der Waals surface area contributed by atoms with Gasteiger partial charge in [-0.15, -0.1) is 0 Å². The molecule has 0 spiro atoms. The van der Waals surface area contributed by atoms with Gasteiger partial charge in [-0.05, 0) is 13.0 Å². The summed E-state index contributed by atoms with van der Waals surface area (Å²) in [6, 6.07) is 1.92. The lowest BCUT2D eigenvalue weighted by atomic mass is 10.2. The van der Waals surface area contributed by atoms with E-state index in [0.717, 1.165) is 22.3 Å². The summed E-state index contributed by atoms with van der Waals surface area (Å²) in [7, 11) is 0. The largest absolute Gasteiger partial charge is 0.397 e. The molecule has 2 aromatic heterocycles. The highest BCUT2D eigenvalue weighted by atomic mass is 14.8. The van der Waals surface area contributed by atoms with Crippen molar-refractivity contribution in [2.24, 2.45) is 0 Å². The first-order valence-electron chi connectivity index (χ1n) is 3.47. The molecule has 11 heavy (non-hydrogen) atoms. The average molecular weight is 147 g/mol. The smallest absolute Gasteiger partial charge is 0.0590 e. The zero-order chi connectivity index (χ0) is 7.84. The van der Waals surface area contributed by atoms with Crippen LogP contribution in [0.15, 0.2) is 18.5 Å². The Kier molecular flexibility index (Phi) is 1.12. The normalized spacial score (nSPS) is 10.6. The molecule has 0 bridgehead atoms. The van der Waals surface area contributed by atoms with Crippen molar-refractivity contribution in [1.29, 1.82) is 0 Å². The van der Waals surface area contributed by atoms with Crippen molar-refractivity contribution in [1.82, 2.24) is 9.97 Å². The minimum absolute atomic E-state index is 0.769. The predicted octanol–water partition coefficient (Wildman–Crippen LogP) is 1.45. The molecule has 0 amide bonds. The zero-order valence-corrected chi connectivity index (χ0v) is 6.26. The highest BCUT2D eigenvalue weighted by Gasteiger charge is 2.01. The third-order valence-electron chi connectivity index (χ3n) is 1.81. The van der Waals surface area contributed by atoms with Crippen molar-refractivity contribution in [2.75, 3.05) is 5.73 Å². The Balaban J connectivity index is 2.96. The molecule has 0 fully saturated rings. The number of nitrogen functional groups attached to an aromatic ring is 1. The third kappa shape index (κ3) is 0.774. The van der Waals surface area contributed by atoms with E-state index in [1.54, 1.807) is 12.4 Å². The fraction of sp³-hybridized carbons (Fsp3) is 0.125. The standard InChI is InChI=1S/C8H9N3/c1-5-8-6(9)4-11-7(8)2-3-10-5/h2-4,11H,9H2,1H3. The summed E-state index contributed by atoms with van der Waals surface area (Å²) < 4.78 is 0. The van der Waals surface area contributed by atoms with Gasteiger partial charge in [-0.2, -0.15) is 0 Å². The monoisotopic (exact) mass is 147 g/mol. The summed E-state index contributed by atoms with van der Waals surface area (Å²) in [5, 5.41) is 1.03. The van der Waals surface area contributed by atoms with Crippen LogP contribution in [0.25, 0.3) is 10.9 Å². The van der Waals surface area contributed by atoms with Gasteiger partial charge in [0.05, 0.1) is 11.2 Å². The number of fused-ring (bicyclic) bond motifs is 1. The van der Waals surface area contributed by atoms with Crippen LogP contribution >= 0.6 is 0 Å². The second-order valence-electron chi connectivity index (χ2n) is 2.56. The number of nitrogens with one attached hydrogen (secondary N) is 1. The number of nitrogens with two attached hydrogens (primary N) is 1. The SMILES string of the molecule is Cc1nccc2[nH]cc(N)c12. The van der Waals surface area contributed by atoms with Crippen molar-refractivity contribution in [3.63, 3.8) is 0 Å². The molecule has 0 unspecified atom stereocenters. The van der Waals surface area contributed by atoms with Crippen LogP contribution in [0.3, 0.4) is 0 Å². The lowest BCUT2D eigenvalue weighted by molar-refractivity contribution is 1.24. The summed E-state index contributed by atoms with van der Waals surface area (Å²) in [5.74, 6) is 0. The van der Waals surface area contributed by atoms with E-state index < -0.39 is 0 Å². The summed E-state index contributed by atoms with van der Waals surface area (Å²) in [4.78, 5) is 7.20. The molecule has 3 N–H and O–H groups in total. The predicted molar refractivity (Wildman–Crippen MR) is 45.2 cm³/mol. The number of rotatable bonds is 0. The minimum Gasteiger partial charge on any atom is -0.397 e. The van der Waals surface area contributed by atoms with Gasteiger partial charge in [0.1, 0.15) is 0 Å². The summed E-state index contributed by atoms with van der Waals surface area (Å²) in [6.45, 7) is 1.95. The molecular weight excluding hydrogens is 138 g/mol. The van der Waals surface area contributed by atoms with Crippen molar-refractivity contribution in [2.45, 2.75) is 6.92 Å². The number of aromatic nitrogens is 2. The number of aryl methyl sites for hydroxylation is 1. The van der Waals surface area contributed by atoms with Gasteiger partial charge in [-0.25, -0.2) is 0 Å². The van der Waals surface area contributed by atoms with Gasteiger partial charge in [0.25, 0.3) is 0 Å². The highest BCUT2D eigenvalue weighted by Crippen LogP contribution is 2.21. The van der Waals surface area contributed by atoms with Crippen LogP contribution in [0.2, 0.25) is 0 Å². The van der Waals surface area contributed by atoms with Crippen LogP contribution in [0, 0.1) is 6.92 Å². The van der Waals surface area contributed by atoms with E-state index in [2.05, 4.69) is 9.97 Å². The summed E-state index contributed by atoms with van der Waals surface area (Å²) >= 11 is 0. The second kappa shape index (κ2) is 1.99. The molecule has 0 aliphatic rings. The molecule has 2 rings (SSSR count). The van der Waals surface area contributed by atoms with E-state index in [-0.39, 0.29) is 0 Å². The van der Waals surface area contributed by atoms with Crippen LogP contribution in [-0.2, 0) is 0 Å². The quantitative estimate of drug-likeness (QED) is 0.592. The maximum absolute atomic E-state index is 5.71. The van der Waals surface area contributed by atoms with E-state index in [0.29, 0.717) is 0 Å².